The molecule has 0 aliphatic heterocycles. The average molecular weight is 269 g/mol. The molecule has 1 rings (SSSR count). The number of hydrogen-bond acceptors (Lipinski definition) is 3. The highest BCUT2D eigenvalue weighted by Crippen LogP contribution is 2.15. The molecule has 1 unspecified atom stereocenters. The van der Waals surface area contributed by atoms with Crippen LogP contribution in [0.15, 0.2) is 24.3 Å². The molecule has 19 heavy (non-hydrogen) atoms. The lowest BCUT2D eigenvalue weighted by molar-refractivity contribution is -0.138. The van der Waals surface area contributed by atoms with Gasteiger partial charge in [-0.25, -0.2) is 9.18 Å². The Morgan fingerprint density at radius 3 is 2.68 bits per heavy atom. The molecular weight excluding hydrogens is 253 g/mol. The molecule has 0 heterocycles. The van der Waals surface area contributed by atoms with E-state index in [0.29, 0.717) is 5.56 Å². The van der Waals surface area contributed by atoms with Crippen molar-refractivity contribution in [2.45, 2.75) is 12.8 Å². The lowest BCUT2D eigenvalue weighted by atomic mass is 9.96. The number of hydrogen-bond donors (Lipinski definition) is 2. The highest BCUT2D eigenvalue weighted by molar-refractivity contribution is 5.68. The van der Waals surface area contributed by atoms with Crippen LogP contribution in [0.3, 0.4) is 0 Å². The Balaban J connectivity index is 2.66. The number of halogens is 1. The first-order valence-corrected chi connectivity index (χ1v) is 5.80. The second-order valence-electron chi connectivity index (χ2n) is 4.13. The molecule has 0 saturated carbocycles. The van der Waals surface area contributed by atoms with E-state index in [1.807, 2.05) is 0 Å². The highest BCUT2D eigenvalue weighted by atomic mass is 19.1. The number of aliphatic carboxylic acids is 1. The number of benzene rings is 1. The second-order valence-corrected chi connectivity index (χ2v) is 4.13. The monoisotopic (exact) mass is 269 g/mol. The number of carboxylic acid groups (broad SMARTS) is 1. The third-order valence-electron chi connectivity index (χ3n) is 2.65. The molecule has 0 saturated heterocycles. The third-order valence-corrected chi connectivity index (χ3v) is 2.65. The topological polar surface area (TPSA) is 75.6 Å². The Bertz CT molecular complexity index is 450. The first kappa shape index (κ1) is 14.9. The van der Waals surface area contributed by atoms with Gasteiger partial charge in [0.15, 0.2) is 0 Å². The Morgan fingerprint density at radius 2 is 2.11 bits per heavy atom. The summed E-state index contributed by atoms with van der Waals surface area (Å²) in [6.07, 6.45) is -0.551. The van der Waals surface area contributed by atoms with E-state index < -0.39 is 18.0 Å². The van der Waals surface area contributed by atoms with Crippen LogP contribution < -0.4 is 5.32 Å². The Kier molecular flexibility index (Phi) is 5.78. The zero-order valence-electron chi connectivity index (χ0n) is 10.6. The first-order valence-electron chi connectivity index (χ1n) is 5.80. The molecule has 2 N–H and O–H groups in total. The summed E-state index contributed by atoms with van der Waals surface area (Å²) >= 11 is 0. The fourth-order valence-electron chi connectivity index (χ4n) is 1.74. The van der Waals surface area contributed by atoms with Gasteiger partial charge in [-0.2, -0.15) is 0 Å². The minimum atomic E-state index is -0.993. The number of rotatable bonds is 6. The summed E-state index contributed by atoms with van der Waals surface area (Å²) in [5.74, 6) is -1.77. The van der Waals surface area contributed by atoms with Crippen LogP contribution in [-0.4, -0.2) is 30.8 Å². The van der Waals surface area contributed by atoms with Crippen molar-refractivity contribution in [3.05, 3.63) is 35.6 Å². The van der Waals surface area contributed by atoms with Crippen LogP contribution in [0.1, 0.15) is 12.0 Å². The van der Waals surface area contributed by atoms with Crippen molar-refractivity contribution < 1.29 is 23.8 Å². The van der Waals surface area contributed by atoms with Gasteiger partial charge in [-0.15, -0.1) is 0 Å². The quantitative estimate of drug-likeness (QED) is 0.826. The van der Waals surface area contributed by atoms with Gasteiger partial charge in [0.25, 0.3) is 0 Å². The molecule has 0 aromatic heterocycles. The minimum absolute atomic E-state index is 0.118. The largest absolute Gasteiger partial charge is 0.481 e. The summed E-state index contributed by atoms with van der Waals surface area (Å²) < 4.78 is 17.9. The second kappa shape index (κ2) is 7.35. The lowest BCUT2D eigenvalue weighted by Gasteiger charge is -2.15. The van der Waals surface area contributed by atoms with Crippen molar-refractivity contribution in [2.75, 3.05) is 13.7 Å². The standard InChI is InChI=1S/C13H16FNO4/c1-19-13(18)15-8-9(7-12(16)17)6-10-4-2-3-5-11(10)14/h2-5,9H,6-8H2,1H3,(H,15,18)(H,16,17). The molecule has 0 aliphatic carbocycles. The van der Waals surface area contributed by atoms with E-state index in [0.717, 1.165) is 0 Å². The van der Waals surface area contributed by atoms with Crippen LogP contribution in [0.5, 0.6) is 0 Å². The Morgan fingerprint density at radius 1 is 1.42 bits per heavy atom. The van der Waals surface area contributed by atoms with E-state index in [2.05, 4.69) is 10.1 Å². The summed E-state index contributed by atoms with van der Waals surface area (Å²) in [7, 11) is 1.22. The number of ether oxygens (including phenoxy) is 1. The summed E-state index contributed by atoms with van der Waals surface area (Å²) in [6, 6.07) is 6.17. The van der Waals surface area contributed by atoms with Gasteiger partial charge < -0.3 is 15.2 Å². The molecule has 5 nitrogen and oxygen atoms in total. The lowest BCUT2D eigenvalue weighted by Crippen LogP contribution is -2.31. The number of carbonyl (C=O) groups excluding carboxylic acids is 1. The highest BCUT2D eigenvalue weighted by Gasteiger charge is 2.17. The third kappa shape index (κ3) is 5.37. The molecule has 0 radical (unpaired) electrons. The van der Waals surface area contributed by atoms with Crippen LogP contribution in [0.2, 0.25) is 0 Å². The molecule has 1 amide bonds. The summed E-state index contributed by atoms with van der Waals surface area (Å²) in [5.41, 5.74) is 0.431. The maximum absolute atomic E-state index is 13.5. The molecular formula is C13H16FNO4. The average Bonchev–Trinajstić information content (AvgIpc) is 2.37. The number of carboxylic acids is 1. The number of nitrogens with one attached hydrogen (secondary N) is 1. The predicted octanol–water partition coefficient (Wildman–Crippen LogP) is 1.82. The summed E-state index contributed by atoms with van der Waals surface area (Å²) in [6.45, 7) is 0.118. The number of methoxy groups -OCH3 is 1. The number of amides is 1. The predicted molar refractivity (Wildman–Crippen MR) is 66.3 cm³/mol. The molecule has 0 aliphatic rings. The van der Waals surface area contributed by atoms with Gasteiger partial charge in [0.2, 0.25) is 0 Å². The van der Waals surface area contributed by atoms with Gasteiger partial charge in [0.1, 0.15) is 5.82 Å². The van der Waals surface area contributed by atoms with E-state index in [4.69, 9.17) is 5.11 Å². The maximum atomic E-state index is 13.5. The van der Waals surface area contributed by atoms with E-state index in [1.165, 1.54) is 13.2 Å². The van der Waals surface area contributed by atoms with Gasteiger partial charge in [-0.1, -0.05) is 18.2 Å². The van der Waals surface area contributed by atoms with E-state index in [9.17, 15) is 14.0 Å². The molecule has 0 bridgehead atoms. The van der Waals surface area contributed by atoms with Gasteiger partial charge in [0.05, 0.1) is 13.5 Å². The normalized spacial score (nSPS) is 11.7. The van der Waals surface area contributed by atoms with Crippen molar-refractivity contribution >= 4 is 12.1 Å². The van der Waals surface area contributed by atoms with Crippen molar-refractivity contribution in [3.8, 4) is 0 Å². The zero-order valence-corrected chi connectivity index (χ0v) is 10.6. The molecule has 0 spiro atoms. The van der Waals surface area contributed by atoms with Crippen LogP contribution in [0, 0.1) is 11.7 Å². The maximum Gasteiger partial charge on any atom is 0.406 e. The molecule has 6 heteroatoms. The molecule has 1 aromatic carbocycles. The smallest absolute Gasteiger partial charge is 0.406 e. The number of alkyl carbamates (subject to hydrolysis) is 1. The van der Waals surface area contributed by atoms with Crippen LogP contribution in [-0.2, 0) is 16.0 Å². The Labute approximate surface area is 110 Å². The van der Waals surface area contributed by atoms with Crippen LogP contribution >= 0.6 is 0 Å². The van der Waals surface area contributed by atoms with Crippen molar-refractivity contribution in [1.82, 2.24) is 5.32 Å². The number of carbonyl (C=O) groups is 2. The molecule has 104 valence electrons. The van der Waals surface area contributed by atoms with Crippen molar-refractivity contribution in [3.63, 3.8) is 0 Å². The Hall–Kier alpha value is -2.11. The van der Waals surface area contributed by atoms with Crippen LogP contribution in [0.25, 0.3) is 0 Å². The molecule has 1 atom stereocenters. The fraction of sp³-hybridized carbons (Fsp3) is 0.385. The zero-order chi connectivity index (χ0) is 14.3. The summed E-state index contributed by atoms with van der Waals surface area (Å²) in [4.78, 5) is 21.7. The van der Waals surface area contributed by atoms with E-state index in [1.54, 1.807) is 18.2 Å². The van der Waals surface area contributed by atoms with Crippen LogP contribution in [0.4, 0.5) is 9.18 Å². The van der Waals surface area contributed by atoms with E-state index >= 15 is 0 Å². The molecule has 0 fully saturated rings. The van der Waals surface area contributed by atoms with E-state index in [-0.39, 0.29) is 25.2 Å². The van der Waals surface area contributed by atoms with Gasteiger partial charge in [-0.05, 0) is 24.0 Å². The van der Waals surface area contributed by atoms with Crippen molar-refractivity contribution in [2.24, 2.45) is 5.92 Å². The van der Waals surface area contributed by atoms with Gasteiger partial charge in [0, 0.05) is 6.54 Å². The van der Waals surface area contributed by atoms with Gasteiger partial charge in [-0.3, -0.25) is 4.79 Å². The molecule has 1 aromatic rings. The SMILES string of the molecule is COC(=O)NCC(CC(=O)O)Cc1ccccc1F. The summed E-state index contributed by atoms with van der Waals surface area (Å²) in [5, 5.41) is 11.2. The fourth-order valence-corrected chi connectivity index (χ4v) is 1.74. The van der Waals surface area contributed by atoms with Gasteiger partial charge >= 0.3 is 12.1 Å². The minimum Gasteiger partial charge on any atom is -0.481 e. The van der Waals surface area contributed by atoms with Crippen molar-refractivity contribution in [1.29, 1.82) is 0 Å². The first-order chi connectivity index (χ1) is 9.02.